The number of aliphatic hydroxyl groups is 1. The lowest BCUT2D eigenvalue weighted by atomic mass is 10.0. The van der Waals surface area contributed by atoms with E-state index in [0.29, 0.717) is 22.4 Å². The largest absolute Gasteiger partial charge is 0.497 e. The van der Waals surface area contributed by atoms with Gasteiger partial charge in [0.2, 0.25) is 0 Å². The third-order valence-electron chi connectivity index (χ3n) is 3.39. The van der Waals surface area contributed by atoms with Crippen molar-refractivity contribution in [2.45, 2.75) is 17.8 Å². The monoisotopic (exact) mass is 290 g/mol. The van der Waals surface area contributed by atoms with Crippen molar-refractivity contribution < 1.29 is 9.84 Å². The Hall–Kier alpha value is -1.79. The number of methoxy groups -OCH3 is 1. The minimum atomic E-state index is -1.21. The summed E-state index contributed by atoms with van der Waals surface area (Å²) in [6, 6.07) is 8.73. The van der Waals surface area contributed by atoms with Crippen LogP contribution in [0.5, 0.6) is 5.75 Å². The van der Waals surface area contributed by atoms with Crippen molar-refractivity contribution >= 4 is 11.8 Å². The molecule has 0 amide bonds. The summed E-state index contributed by atoms with van der Waals surface area (Å²) in [5.74, 6) is 1.10. The second kappa shape index (κ2) is 4.64. The van der Waals surface area contributed by atoms with Gasteiger partial charge in [-0.15, -0.1) is 0 Å². The SMILES string of the molecule is COc1cccc([C@@]2(O)CSc3nc(=O)cc(C)n32)c1. The number of thioether (sulfide) groups is 1. The number of ether oxygens (including phenoxy) is 1. The van der Waals surface area contributed by atoms with E-state index in [1.54, 1.807) is 24.7 Å². The van der Waals surface area contributed by atoms with Crippen molar-refractivity contribution in [1.29, 1.82) is 0 Å². The number of nitrogens with zero attached hydrogens (tertiary/aromatic N) is 2. The highest BCUT2D eigenvalue weighted by Crippen LogP contribution is 2.40. The number of aromatic nitrogens is 2. The third kappa shape index (κ3) is 1.92. The van der Waals surface area contributed by atoms with E-state index in [1.807, 2.05) is 18.2 Å². The van der Waals surface area contributed by atoms with Gasteiger partial charge in [-0.2, -0.15) is 4.98 Å². The molecule has 1 aliphatic rings. The molecule has 0 bridgehead atoms. The summed E-state index contributed by atoms with van der Waals surface area (Å²) in [4.78, 5) is 15.4. The first-order valence-electron chi connectivity index (χ1n) is 6.15. The molecule has 5 nitrogen and oxygen atoms in total. The molecule has 0 saturated heterocycles. The van der Waals surface area contributed by atoms with E-state index in [0.717, 1.165) is 5.56 Å². The Labute approximate surface area is 120 Å². The molecule has 3 rings (SSSR count). The minimum absolute atomic E-state index is 0.281. The molecule has 2 heterocycles. The van der Waals surface area contributed by atoms with Gasteiger partial charge in [0.1, 0.15) is 5.75 Å². The molecule has 2 aromatic rings. The standard InChI is InChI=1S/C14H14N2O3S/c1-9-6-12(17)15-13-16(9)14(18,8-20-13)10-4-3-5-11(7-10)19-2/h3-7,18H,8H2,1-2H3/t14-/m0/s1. The van der Waals surface area contributed by atoms with Gasteiger partial charge in [0, 0.05) is 17.3 Å². The number of hydrogen-bond acceptors (Lipinski definition) is 5. The number of aryl methyl sites for hydroxylation is 1. The van der Waals surface area contributed by atoms with Gasteiger partial charge < -0.3 is 9.84 Å². The average molecular weight is 290 g/mol. The van der Waals surface area contributed by atoms with E-state index in [-0.39, 0.29) is 5.56 Å². The van der Waals surface area contributed by atoms with E-state index < -0.39 is 5.72 Å². The maximum absolute atomic E-state index is 11.5. The van der Waals surface area contributed by atoms with E-state index in [2.05, 4.69) is 4.98 Å². The first-order valence-corrected chi connectivity index (χ1v) is 7.14. The van der Waals surface area contributed by atoms with E-state index in [1.165, 1.54) is 17.8 Å². The Morgan fingerprint density at radius 3 is 3.00 bits per heavy atom. The summed E-state index contributed by atoms with van der Waals surface area (Å²) < 4.78 is 6.91. The van der Waals surface area contributed by atoms with Crippen LogP contribution in [0, 0.1) is 6.92 Å². The predicted molar refractivity (Wildman–Crippen MR) is 76.2 cm³/mol. The van der Waals surface area contributed by atoms with Crippen LogP contribution in [0.2, 0.25) is 0 Å². The van der Waals surface area contributed by atoms with Gasteiger partial charge in [0.25, 0.3) is 5.56 Å². The van der Waals surface area contributed by atoms with E-state index in [9.17, 15) is 9.90 Å². The molecule has 1 aromatic heterocycles. The van der Waals surface area contributed by atoms with E-state index >= 15 is 0 Å². The molecule has 6 heteroatoms. The summed E-state index contributed by atoms with van der Waals surface area (Å²) in [5.41, 5.74) is -0.0811. The number of rotatable bonds is 2. The van der Waals surface area contributed by atoms with Gasteiger partial charge in [0.15, 0.2) is 10.9 Å². The molecule has 0 fully saturated rings. The molecule has 1 N–H and O–H groups in total. The fraction of sp³-hybridized carbons (Fsp3) is 0.286. The van der Waals surface area contributed by atoms with Gasteiger partial charge in [-0.3, -0.25) is 9.36 Å². The van der Waals surface area contributed by atoms with Crippen molar-refractivity contribution in [1.82, 2.24) is 9.55 Å². The summed E-state index contributed by atoms with van der Waals surface area (Å²) >= 11 is 1.37. The predicted octanol–water partition coefficient (Wildman–Crippen LogP) is 1.36. The maximum atomic E-state index is 11.5. The average Bonchev–Trinajstić information content (AvgIpc) is 2.77. The lowest BCUT2D eigenvalue weighted by Gasteiger charge is -2.27. The second-order valence-electron chi connectivity index (χ2n) is 4.69. The highest BCUT2D eigenvalue weighted by molar-refractivity contribution is 7.99. The Balaban J connectivity index is 2.19. The first-order chi connectivity index (χ1) is 9.54. The van der Waals surface area contributed by atoms with E-state index in [4.69, 9.17) is 4.74 Å². The van der Waals surface area contributed by atoms with Crippen LogP contribution in [0.4, 0.5) is 0 Å². The molecule has 0 saturated carbocycles. The van der Waals surface area contributed by atoms with Gasteiger partial charge >= 0.3 is 0 Å². The molecule has 0 unspecified atom stereocenters. The van der Waals surface area contributed by atoms with Crippen molar-refractivity contribution in [3.8, 4) is 5.75 Å². The fourth-order valence-electron chi connectivity index (χ4n) is 2.43. The molecule has 1 aliphatic heterocycles. The molecule has 1 aromatic carbocycles. The number of fused-ring (bicyclic) bond motifs is 1. The lowest BCUT2D eigenvalue weighted by Crippen LogP contribution is -2.36. The molecular formula is C14H14N2O3S. The van der Waals surface area contributed by atoms with Gasteiger partial charge in [-0.25, -0.2) is 0 Å². The van der Waals surface area contributed by atoms with Crippen LogP contribution in [0.1, 0.15) is 11.3 Å². The van der Waals surface area contributed by atoms with Crippen LogP contribution in [-0.4, -0.2) is 27.5 Å². The molecule has 104 valence electrons. The minimum Gasteiger partial charge on any atom is -0.497 e. The summed E-state index contributed by atoms with van der Waals surface area (Å²) in [7, 11) is 1.59. The van der Waals surface area contributed by atoms with Gasteiger partial charge in [-0.1, -0.05) is 23.9 Å². The van der Waals surface area contributed by atoms with Crippen molar-refractivity contribution in [2.75, 3.05) is 12.9 Å². The molecule has 0 aliphatic carbocycles. The second-order valence-corrected chi connectivity index (χ2v) is 5.63. The Morgan fingerprint density at radius 2 is 2.25 bits per heavy atom. The first kappa shape index (κ1) is 13.2. The van der Waals surface area contributed by atoms with Crippen molar-refractivity contribution in [2.24, 2.45) is 0 Å². The molecular weight excluding hydrogens is 276 g/mol. The Bertz CT molecular complexity index is 729. The Morgan fingerprint density at radius 1 is 1.45 bits per heavy atom. The molecule has 1 atom stereocenters. The number of hydrogen-bond donors (Lipinski definition) is 1. The summed E-state index contributed by atoms with van der Waals surface area (Å²) in [5, 5.41) is 11.6. The zero-order valence-corrected chi connectivity index (χ0v) is 12.0. The van der Waals surface area contributed by atoms with Gasteiger partial charge in [0.05, 0.1) is 12.9 Å². The quantitative estimate of drug-likeness (QED) is 0.846. The topological polar surface area (TPSA) is 64.3 Å². The smallest absolute Gasteiger partial charge is 0.273 e. The van der Waals surface area contributed by atoms with Crippen molar-refractivity contribution in [3.63, 3.8) is 0 Å². The van der Waals surface area contributed by atoms with Crippen LogP contribution in [0.15, 0.2) is 40.3 Å². The van der Waals surface area contributed by atoms with Crippen LogP contribution in [0.3, 0.4) is 0 Å². The summed E-state index contributed by atoms with van der Waals surface area (Å²) in [6.07, 6.45) is 0. The molecule has 0 spiro atoms. The maximum Gasteiger partial charge on any atom is 0.273 e. The number of benzene rings is 1. The highest BCUT2D eigenvalue weighted by atomic mass is 32.2. The van der Waals surface area contributed by atoms with Crippen LogP contribution in [-0.2, 0) is 5.72 Å². The zero-order valence-electron chi connectivity index (χ0n) is 11.2. The van der Waals surface area contributed by atoms with Crippen LogP contribution < -0.4 is 10.3 Å². The lowest BCUT2D eigenvalue weighted by molar-refractivity contribution is 0.0246. The third-order valence-corrected chi connectivity index (χ3v) is 4.47. The molecule has 20 heavy (non-hydrogen) atoms. The molecule has 0 radical (unpaired) electrons. The Kier molecular flexibility index (Phi) is 3.07. The normalized spacial score (nSPS) is 20.8. The zero-order chi connectivity index (χ0) is 14.3. The van der Waals surface area contributed by atoms with Crippen LogP contribution >= 0.6 is 11.8 Å². The summed E-state index contributed by atoms with van der Waals surface area (Å²) in [6.45, 7) is 1.80. The van der Waals surface area contributed by atoms with Crippen LogP contribution in [0.25, 0.3) is 0 Å². The van der Waals surface area contributed by atoms with Gasteiger partial charge in [-0.05, 0) is 19.1 Å². The highest BCUT2D eigenvalue weighted by Gasteiger charge is 2.40. The van der Waals surface area contributed by atoms with Crippen molar-refractivity contribution in [3.05, 3.63) is 51.9 Å². The fourth-order valence-corrected chi connectivity index (χ4v) is 3.64.